The summed E-state index contributed by atoms with van der Waals surface area (Å²) in [4.78, 5) is 0. The molecule has 102 valence electrons. The summed E-state index contributed by atoms with van der Waals surface area (Å²) in [5, 5.41) is 0. The van der Waals surface area contributed by atoms with E-state index in [0.29, 0.717) is 26.2 Å². The molecule has 1 atom stereocenters. The molecule has 0 aromatic rings. The predicted molar refractivity (Wildman–Crippen MR) is 69.9 cm³/mol. The van der Waals surface area contributed by atoms with Gasteiger partial charge in [0.15, 0.2) is 0 Å². The van der Waals surface area contributed by atoms with Gasteiger partial charge in [0, 0.05) is 25.7 Å². The number of rotatable bonds is 6. The van der Waals surface area contributed by atoms with E-state index in [1.165, 1.54) is 0 Å². The zero-order valence-electron chi connectivity index (χ0n) is 10.9. The Morgan fingerprint density at radius 1 is 1.41 bits per heavy atom. The number of piperidine rings is 1. The minimum absolute atomic E-state index is 0.126. The van der Waals surface area contributed by atoms with Gasteiger partial charge in [-0.25, -0.2) is 0 Å². The van der Waals surface area contributed by atoms with E-state index in [-0.39, 0.29) is 6.04 Å². The van der Waals surface area contributed by atoms with E-state index in [1.54, 1.807) is 8.61 Å². The summed E-state index contributed by atoms with van der Waals surface area (Å²) in [6, 6.07) is 0.126. The lowest BCUT2D eigenvalue weighted by Crippen LogP contribution is -2.50. The van der Waals surface area contributed by atoms with Gasteiger partial charge in [0.2, 0.25) is 0 Å². The zero-order chi connectivity index (χ0) is 12.9. The van der Waals surface area contributed by atoms with E-state index in [0.717, 1.165) is 25.7 Å². The third-order valence-electron chi connectivity index (χ3n) is 3.33. The molecule has 0 bridgehead atoms. The highest BCUT2D eigenvalue weighted by atomic mass is 32.2. The fourth-order valence-corrected chi connectivity index (χ4v) is 4.17. The maximum atomic E-state index is 12.4. The van der Waals surface area contributed by atoms with Crippen molar-refractivity contribution in [3.05, 3.63) is 0 Å². The predicted octanol–water partition coefficient (Wildman–Crippen LogP) is 0.776. The largest absolute Gasteiger partial charge is 0.330 e. The molecule has 0 aromatic heterocycles. The summed E-state index contributed by atoms with van der Waals surface area (Å²) < 4.78 is 28.1. The molecule has 0 radical (unpaired) electrons. The Morgan fingerprint density at radius 3 is 2.65 bits per heavy atom. The Morgan fingerprint density at radius 2 is 2.12 bits per heavy atom. The Labute approximate surface area is 105 Å². The van der Waals surface area contributed by atoms with E-state index in [4.69, 9.17) is 5.73 Å². The zero-order valence-corrected chi connectivity index (χ0v) is 11.7. The third-order valence-corrected chi connectivity index (χ3v) is 5.56. The topological polar surface area (TPSA) is 66.6 Å². The maximum Gasteiger partial charge on any atom is 0.282 e. The van der Waals surface area contributed by atoms with Crippen LogP contribution >= 0.6 is 0 Å². The first-order chi connectivity index (χ1) is 8.04. The molecule has 1 saturated heterocycles. The molecule has 1 unspecified atom stereocenters. The molecule has 0 amide bonds. The van der Waals surface area contributed by atoms with Gasteiger partial charge in [0.05, 0.1) is 0 Å². The van der Waals surface area contributed by atoms with E-state index >= 15 is 0 Å². The summed E-state index contributed by atoms with van der Waals surface area (Å²) in [5.74, 6) is 0. The number of nitrogens with two attached hydrogens (primary N) is 1. The average molecular weight is 263 g/mol. The van der Waals surface area contributed by atoms with E-state index in [1.807, 2.05) is 13.8 Å². The molecule has 5 nitrogen and oxygen atoms in total. The molecule has 1 heterocycles. The molecule has 1 aliphatic heterocycles. The van der Waals surface area contributed by atoms with Crippen molar-refractivity contribution in [2.24, 2.45) is 5.73 Å². The van der Waals surface area contributed by atoms with Crippen LogP contribution in [0.2, 0.25) is 0 Å². The van der Waals surface area contributed by atoms with Crippen LogP contribution in [0.15, 0.2) is 0 Å². The Hall–Kier alpha value is -0.170. The van der Waals surface area contributed by atoms with Gasteiger partial charge in [-0.15, -0.1) is 0 Å². The van der Waals surface area contributed by atoms with Crippen molar-refractivity contribution < 1.29 is 8.42 Å². The van der Waals surface area contributed by atoms with Crippen LogP contribution in [0.3, 0.4) is 0 Å². The summed E-state index contributed by atoms with van der Waals surface area (Å²) >= 11 is 0. The Bertz CT molecular complexity index is 319. The van der Waals surface area contributed by atoms with Crippen LogP contribution in [0.5, 0.6) is 0 Å². The van der Waals surface area contributed by atoms with Crippen molar-refractivity contribution in [3.8, 4) is 0 Å². The van der Waals surface area contributed by atoms with Gasteiger partial charge < -0.3 is 5.73 Å². The van der Waals surface area contributed by atoms with Gasteiger partial charge in [-0.05, 0) is 32.7 Å². The third kappa shape index (κ3) is 3.64. The van der Waals surface area contributed by atoms with Crippen LogP contribution < -0.4 is 5.73 Å². The van der Waals surface area contributed by atoms with Gasteiger partial charge in [0.25, 0.3) is 10.2 Å². The van der Waals surface area contributed by atoms with Crippen molar-refractivity contribution in [1.82, 2.24) is 8.61 Å². The molecule has 0 spiro atoms. The van der Waals surface area contributed by atoms with Crippen molar-refractivity contribution in [2.75, 3.05) is 26.2 Å². The SMILES string of the molecule is CCN(CCCN)S(=O)(=O)N1CCCCC1C. The summed E-state index contributed by atoms with van der Waals surface area (Å²) in [5.41, 5.74) is 5.45. The molecular formula is C11H25N3O2S. The highest BCUT2D eigenvalue weighted by Gasteiger charge is 2.33. The van der Waals surface area contributed by atoms with Crippen LogP contribution in [-0.2, 0) is 10.2 Å². The quantitative estimate of drug-likeness (QED) is 0.770. The molecule has 0 aliphatic carbocycles. The lowest BCUT2D eigenvalue weighted by molar-refractivity contribution is 0.245. The first kappa shape index (κ1) is 14.9. The monoisotopic (exact) mass is 263 g/mol. The number of nitrogens with zero attached hydrogens (tertiary/aromatic N) is 2. The molecule has 2 N–H and O–H groups in total. The fourth-order valence-electron chi connectivity index (χ4n) is 2.27. The molecule has 1 rings (SSSR count). The van der Waals surface area contributed by atoms with Crippen LogP contribution in [0.25, 0.3) is 0 Å². The van der Waals surface area contributed by atoms with Crippen molar-refractivity contribution in [3.63, 3.8) is 0 Å². The molecular weight excluding hydrogens is 238 g/mol. The van der Waals surface area contributed by atoms with Gasteiger partial charge in [-0.2, -0.15) is 17.0 Å². The van der Waals surface area contributed by atoms with Crippen LogP contribution in [0, 0.1) is 0 Å². The highest BCUT2D eigenvalue weighted by Crippen LogP contribution is 2.22. The first-order valence-electron chi connectivity index (χ1n) is 6.51. The van der Waals surface area contributed by atoms with E-state index in [9.17, 15) is 8.42 Å². The Balaban J connectivity index is 2.75. The van der Waals surface area contributed by atoms with Gasteiger partial charge >= 0.3 is 0 Å². The second kappa shape index (κ2) is 6.68. The lowest BCUT2D eigenvalue weighted by atomic mass is 10.1. The Kier molecular flexibility index (Phi) is 5.85. The van der Waals surface area contributed by atoms with E-state index in [2.05, 4.69) is 0 Å². The molecule has 17 heavy (non-hydrogen) atoms. The minimum Gasteiger partial charge on any atom is -0.330 e. The average Bonchev–Trinajstić information content (AvgIpc) is 2.30. The van der Waals surface area contributed by atoms with Crippen LogP contribution in [-0.4, -0.2) is 49.2 Å². The minimum atomic E-state index is -3.28. The highest BCUT2D eigenvalue weighted by molar-refractivity contribution is 7.86. The van der Waals surface area contributed by atoms with Crippen molar-refractivity contribution in [1.29, 1.82) is 0 Å². The van der Waals surface area contributed by atoms with Crippen LogP contribution in [0.4, 0.5) is 0 Å². The molecule has 1 fully saturated rings. The smallest absolute Gasteiger partial charge is 0.282 e. The fraction of sp³-hybridized carbons (Fsp3) is 1.00. The number of hydrogen-bond donors (Lipinski definition) is 1. The molecule has 1 aliphatic rings. The van der Waals surface area contributed by atoms with Crippen molar-refractivity contribution in [2.45, 2.75) is 45.6 Å². The van der Waals surface area contributed by atoms with Gasteiger partial charge in [-0.3, -0.25) is 0 Å². The second-order valence-corrected chi connectivity index (χ2v) is 6.48. The maximum absolute atomic E-state index is 12.4. The summed E-state index contributed by atoms with van der Waals surface area (Å²) in [6.45, 7) is 6.10. The van der Waals surface area contributed by atoms with Crippen LogP contribution in [0.1, 0.15) is 39.5 Å². The standard InChI is InChI=1S/C11H25N3O2S/c1-3-13(9-6-8-12)17(15,16)14-10-5-4-7-11(14)2/h11H,3-10,12H2,1-2H3. The molecule has 0 saturated carbocycles. The van der Waals surface area contributed by atoms with Crippen molar-refractivity contribution >= 4 is 10.2 Å². The lowest BCUT2D eigenvalue weighted by Gasteiger charge is -2.36. The summed E-state index contributed by atoms with van der Waals surface area (Å²) in [6.07, 6.45) is 3.78. The second-order valence-electron chi connectivity index (χ2n) is 4.60. The normalized spacial score (nSPS) is 23.2. The van der Waals surface area contributed by atoms with E-state index < -0.39 is 10.2 Å². The molecule has 6 heteroatoms. The summed E-state index contributed by atoms with van der Waals surface area (Å²) in [7, 11) is -3.28. The van der Waals surface area contributed by atoms with Gasteiger partial charge in [0.1, 0.15) is 0 Å². The molecule has 0 aromatic carbocycles. The number of hydrogen-bond acceptors (Lipinski definition) is 3. The first-order valence-corrected chi connectivity index (χ1v) is 7.90. The van der Waals surface area contributed by atoms with Gasteiger partial charge in [-0.1, -0.05) is 13.3 Å².